The molecular formula is C29H41N3O5S2. The maximum Gasteiger partial charge on any atom is 0.321 e. The summed E-state index contributed by atoms with van der Waals surface area (Å²) in [6, 6.07) is 12.4. The number of thioether (sulfide) groups is 1. The van der Waals surface area contributed by atoms with Crippen molar-refractivity contribution in [2.24, 2.45) is 11.1 Å². The standard InChI is InChI=1S/C29H41N3O5S2/c1-4-6-13-29(14-7-5-2)19-32(22-11-9-8-10-12-22)24-17-25(38-3)21(15-26(24)39(36,37)20-29)18-31-23(28(34)35)16-27(30)33/h8-12,15,17,23,31H,4-7,13-14,16,18-20H2,1-3H3,(H2,30,33)(H,34,35). The number of carboxylic acid groups (broad SMARTS) is 1. The molecule has 1 atom stereocenters. The molecule has 39 heavy (non-hydrogen) atoms. The molecule has 0 fully saturated rings. The molecule has 1 aliphatic heterocycles. The number of hydrogen-bond acceptors (Lipinski definition) is 7. The van der Waals surface area contributed by atoms with Gasteiger partial charge in [-0.2, -0.15) is 0 Å². The Hall–Kier alpha value is -2.56. The van der Waals surface area contributed by atoms with E-state index < -0.39 is 33.2 Å². The van der Waals surface area contributed by atoms with Gasteiger partial charge >= 0.3 is 5.97 Å². The van der Waals surface area contributed by atoms with Gasteiger partial charge in [0, 0.05) is 29.1 Å². The Morgan fingerprint density at radius 3 is 2.31 bits per heavy atom. The third-order valence-electron chi connectivity index (χ3n) is 7.41. The lowest BCUT2D eigenvalue weighted by molar-refractivity contribution is -0.141. The summed E-state index contributed by atoms with van der Waals surface area (Å²) in [7, 11) is -3.68. The third kappa shape index (κ3) is 7.77. The van der Waals surface area contributed by atoms with E-state index in [2.05, 4.69) is 24.1 Å². The van der Waals surface area contributed by atoms with Crippen molar-refractivity contribution in [2.75, 3.05) is 23.5 Å². The first-order valence-corrected chi connectivity index (χ1v) is 16.4. The number of rotatable bonds is 14. The van der Waals surface area contributed by atoms with Gasteiger partial charge in [0.1, 0.15) is 6.04 Å². The Morgan fingerprint density at radius 2 is 1.77 bits per heavy atom. The summed E-state index contributed by atoms with van der Waals surface area (Å²) in [5, 5.41) is 12.4. The van der Waals surface area contributed by atoms with Crippen LogP contribution in [0.15, 0.2) is 52.3 Å². The number of carbonyl (C=O) groups is 2. The largest absolute Gasteiger partial charge is 0.480 e. The number of benzene rings is 2. The van der Waals surface area contributed by atoms with E-state index in [9.17, 15) is 23.1 Å². The second-order valence-electron chi connectivity index (χ2n) is 10.5. The lowest BCUT2D eigenvalue weighted by atomic mass is 9.79. The minimum absolute atomic E-state index is 0.0707. The molecule has 0 aromatic heterocycles. The molecule has 1 amide bonds. The minimum atomic E-state index is -3.68. The van der Waals surface area contributed by atoms with Crippen LogP contribution in [0.25, 0.3) is 0 Å². The van der Waals surface area contributed by atoms with Crippen molar-refractivity contribution in [3.63, 3.8) is 0 Å². The van der Waals surface area contributed by atoms with Crippen LogP contribution < -0.4 is 16.0 Å². The van der Waals surface area contributed by atoms with Crippen LogP contribution in [-0.2, 0) is 26.0 Å². The summed E-state index contributed by atoms with van der Waals surface area (Å²) in [6.45, 7) is 4.96. The second kappa shape index (κ2) is 13.7. The predicted octanol–water partition coefficient (Wildman–Crippen LogP) is 5.12. The number of nitrogens with two attached hydrogens (primary N) is 1. The fourth-order valence-corrected chi connectivity index (χ4v) is 8.15. The van der Waals surface area contributed by atoms with E-state index >= 15 is 0 Å². The van der Waals surface area contributed by atoms with Crippen LogP contribution in [0.4, 0.5) is 11.4 Å². The number of fused-ring (bicyclic) bond motifs is 1. The molecule has 4 N–H and O–H groups in total. The average molecular weight is 576 g/mol. The molecule has 2 aromatic carbocycles. The number of carboxylic acids is 1. The lowest BCUT2D eigenvalue weighted by Crippen LogP contribution is -2.39. The number of amides is 1. The summed E-state index contributed by atoms with van der Waals surface area (Å²) in [5.74, 6) is -1.84. The Labute approximate surface area is 236 Å². The summed E-state index contributed by atoms with van der Waals surface area (Å²) < 4.78 is 28.3. The zero-order valence-electron chi connectivity index (χ0n) is 23.1. The Kier molecular flexibility index (Phi) is 10.9. The van der Waals surface area contributed by atoms with Crippen molar-refractivity contribution in [1.82, 2.24) is 5.32 Å². The normalized spacial score (nSPS) is 16.7. The van der Waals surface area contributed by atoms with Gasteiger partial charge in [0.25, 0.3) is 0 Å². The zero-order chi connectivity index (χ0) is 28.6. The van der Waals surface area contributed by atoms with E-state index in [-0.39, 0.29) is 23.6 Å². The molecule has 1 heterocycles. The van der Waals surface area contributed by atoms with Gasteiger partial charge in [0.05, 0.1) is 22.8 Å². The van der Waals surface area contributed by atoms with E-state index in [0.717, 1.165) is 49.1 Å². The molecule has 0 saturated heterocycles. The number of hydrogen-bond donors (Lipinski definition) is 3. The van der Waals surface area contributed by atoms with Crippen LogP contribution in [0.1, 0.15) is 64.4 Å². The fraction of sp³-hybridized carbons (Fsp3) is 0.517. The van der Waals surface area contributed by atoms with Crippen LogP contribution in [0.2, 0.25) is 0 Å². The van der Waals surface area contributed by atoms with Gasteiger partial charge in [0.2, 0.25) is 5.91 Å². The SMILES string of the molecule is CCCCC1(CCCC)CN(c2ccccc2)c2cc(SC)c(CNC(CC(N)=O)C(=O)O)cc2S(=O)(=O)C1. The van der Waals surface area contributed by atoms with E-state index in [4.69, 9.17) is 5.73 Å². The number of nitrogens with one attached hydrogen (secondary N) is 1. The number of carbonyl (C=O) groups excluding carboxylic acids is 1. The minimum Gasteiger partial charge on any atom is -0.480 e. The molecule has 2 aromatic rings. The predicted molar refractivity (Wildman–Crippen MR) is 157 cm³/mol. The van der Waals surface area contributed by atoms with Crippen molar-refractivity contribution in [3.05, 3.63) is 48.0 Å². The Balaban J connectivity index is 2.16. The maximum atomic E-state index is 14.1. The third-order valence-corrected chi connectivity index (χ3v) is 10.2. The summed E-state index contributed by atoms with van der Waals surface area (Å²) >= 11 is 1.47. The van der Waals surface area contributed by atoms with Gasteiger partial charge in [-0.25, -0.2) is 8.42 Å². The molecule has 0 saturated carbocycles. The number of anilines is 2. The van der Waals surface area contributed by atoms with Gasteiger partial charge in [-0.15, -0.1) is 11.8 Å². The van der Waals surface area contributed by atoms with Crippen LogP contribution in [0, 0.1) is 5.41 Å². The number of para-hydroxylation sites is 1. The van der Waals surface area contributed by atoms with Crippen LogP contribution >= 0.6 is 11.8 Å². The Morgan fingerprint density at radius 1 is 1.13 bits per heavy atom. The van der Waals surface area contributed by atoms with Crippen molar-refractivity contribution in [3.8, 4) is 0 Å². The van der Waals surface area contributed by atoms with E-state index in [0.29, 0.717) is 17.8 Å². The molecule has 8 nitrogen and oxygen atoms in total. The maximum absolute atomic E-state index is 14.1. The van der Waals surface area contributed by atoms with Crippen molar-refractivity contribution < 1.29 is 23.1 Å². The van der Waals surface area contributed by atoms with Crippen molar-refractivity contribution in [1.29, 1.82) is 0 Å². The van der Waals surface area contributed by atoms with Crippen LogP contribution in [0.5, 0.6) is 0 Å². The molecule has 1 unspecified atom stereocenters. The van der Waals surface area contributed by atoms with Gasteiger partial charge in [-0.3, -0.25) is 14.9 Å². The van der Waals surface area contributed by atoms with E-state index in [1.54, 1.807) is 6.07 Å². The number of nitrogens with zero attached hydrogens (tertiary/aromatic N) is 1. The van der Waals surface area contributed by atoms with Gasteiger partial charge in [-0.1, -0.05) is 57.7 Å². The highest BCUT2D eigenvalue weighted by Gasteiger charge is 2.42. The Bertz CT molecular complexity index is 1240. The van der Waals surface area contributed by atoms with Gasteiger partial charge in [0.15, 0.2) is 9.84 Å². The highest BCUT2D eigenvalue weighted by molar-refractivity contribution is 7.98. The summed E-state index contributed by atoms with van der Waals surface area (Å²) in [4.78, 5) is 26.3. The van der Waals surface area contributed by atoms with E-state index in [1.807, 2.05) is 42.7 Å². The van der Waals surface area contributed by atoms with Crippen molar-refractivity contribution in [2.45, 2.75) is 81.2 Å². The topological polar surface area (TPSA) is 130 Å². The quantitative estimate of drug-likeness (QED) is 0.265. The molecule has 10 heteroatoms. The smallest absolute Gasteiger partial charge is 0.321 e. The van der Waals surface area contributed by atoms with Crippen molar-refractivity contribution >= 4 is 44.9 Å². The van der Waals surface area contributed by atoms with E-state index in [1.165, 1.54) is 11.8 Å². The first kappa shape index (κ1) is 31.0. The number of aliphatic carboxylic acids is 1. The van der Waals surface area contributed by atoms with Crippen LogP contribution in [-0.4, -0.2) is 50.0 Å². The second-order valence-corrected chi connectivity index (χ2v) is 13.3. The molecule has 3 rings (SSSR count). The lowest BCUT2D eigenvalue weighted by Gasteiger charge is -2.37. The molecule has 0 spiro atoms. The van der Waals surface area contributed by atoms with Gasteiger partial charge < -0.3 is 15.7 Å². The number of unbranched alkanes of at least 4 members (excludes halogenated alkanes) is 2. The summed E-state index contributed by atoms with van der Waals surface area (Å²) in [6.07, 6.45) is 7.12. The highest BCUT2D eigenvalue weighted by Crippen LogP contribution is 2.46. The number of sulfone groups is 1. The summed E-state index contributed by atoms with van der Waals surface area (Å²) in [5.41, 5.74) is 7.10. The first-order valence-electron chi connectivity index (χ1n) is 13.6. The molecule has 0 aliphatic carbocycles. The molecular weight excluding hydrogens is 534 g/mol. The molecule has 0 bridgehead atoms. The van der Waals surface area contributed by atoms with Crippen LogP contribution in [0.3, 0.4) is 0 Å². The molecule has 0 radical (unpaired) electrons. The van der Waals surface area contributed by atoms with Gasteiger partial charge in [-0.05, 0) is 48.9 Å². The monoisotopic (exact) mass is 575 g/mol. The molecule has 214 valence electrons. The fourth-order valence-electron chi connectivity index (χ4n) is 5.38. The molecule has 1 aliphatic rings. The first-order chi connectivity index (χ1) is 18.6. The number of primary amides is 1. The zero-order valence-corrected chi connectivity index (χ0v) is 24.7. The average Bonchev–Trinajstić information content (AvgIpc) is 3.00. The highest BCUT2D eigenvalue weighted by atomic mass is 32.2.